The number of benzene rings is 1. The fourth-order valence-electron chi connectivity index (χ4n) is 4.98. The molecule has 0 spiro atoms. The maximum absolute atomic E-state index is 13.2. The van der Waals surface area contributed by atoms with Crippen molar-refractivity contribution in [2.75, 3.05) is 31.1 Å². The Hall–Kier alpha value is -2.89. The van der Waals surface area contributed by atoms with Crippen molar-refractivity contribution in [3.63, 3.8) is 0 Å². The summed E-state index contributed by atoms with van der Waals surface area (Å²) in [6, 6.07) is 10.2. The van der Waals surface area contributed by atoms with Crippen LogP contribution in [0.5, 0.6) is 0 Å². The van der Waals surface area contributed by atoms with Crippen LogP contribution in [0.4, 0.5) is 5.82 Å². The number of hydrogen-bond donors (Lipinski definition) is 0. The number of fused-ring (bicyclic) bond motifs is 3. The van der Waals surface area contributed by atoms with Crippen molar-refractivity contribution >= 4 is 17.2 Å². The lowest BCUT2D eigenvalue weighted by Gasteiger charge is -2.37. The highest BCUT2D eigenvalue weighted by Gasteiger charge is 2.29. The third-order valence-electron chi connectivity index (χ3n) is 6.60. The molecule has 1 aliphatic heterocycles. The molecule has 1 aromatic carbocycles. The molecule has 2 aromatic heterocycles. The lowest BCUT2D eigenvalue weighted by atomic mass is 9.94. The van der Waals surface area contributed by atoms with Crippen LogP contribution in [-0.4, -0.2) is 51.6 Å². The van der Waals surface area contributed by atoms with Gasteiger partial charge in [-0.15, -0.1) is 0 Å². The van der Waals surface area contributed by atoms with Crippen LogP contribution in [0.1, 0.15) is 48.9 Å². The van der Waals surface area contributed by atoms with E-state index in [2.05, 4.69) is 24.0 Å². The lowest BCUT2D eigenvalue weighted by molar-refractivity contribution is -0.133. The van der Waals surface area contributed by atoms with Crippen LogP contribution in [0.3, 0.4) is 0 Å². The number of anilines is 1. The standard InChI is InChI=1S/C24H29N5O/c1-2-19(18-8-4-3-5-9-18)24(30)28-16-14-27(15-17-28)23-22-20-10-6-7-11-21(20)26-29(22)13-12-25-23/h3-5,8-9,12-13,19H,2,6-7,10-11,14-17H2,1H3/t19-/m0/s1. The van der Waals surface area contributed by atoms with E-state index in [9.17, 15) is 4.79 Å². The average Bonchev–Trinajstić information content (AvgIpc) is 3.19. The largest absolute Gasteiger partial charge is 0.351 e. The van der Waals surface area contributed by atoms with Crippen LogP contribution in [0.25, 0.3) is 5.52 Å². The van der Waals surface area contributed by atoms with Gasteiger partial charge in [-0.1, -0.05) is 37.3 Å². The number of nitrogens with zero attached hydrogens (tertiary/aromatic N) is 5. The van der Waals surface area contributed by atoms with Gasteiger partial charge in [0.1, 0.15) is 5.52 Å². The van der Waals surface area contributed by atoms with Crippen LogP contribution in [0.2, 0.25) is 0 Å². The van der Waals surface area contributed by atoms with Crippen LogP contribution in [-0.2, 0) is 17.6 Å². The maximum Gasteiger partial charge on any atom is 0.230 e. The molecule has 1 aliphatic carbocycles. The van der Waals surface area contributed by atoms with Crippen molar-refractivity contribution in [3.8, 4) is 0 Å². The van der Waals surface area contributed by atoms with Gasteiger partial charge in [-0.2, -0.15) is 5.10 Å². The number of carbonyl (C=O) groups excluding carboxylic acids is 1. The van der Waals surface area contributed by atoms with E-state index in [-0.39, 0.29) is 11.8 Å². The van der Waals surface area contributed by atoms with E-state index in [0.717, 1.165) is 56.8 Å². The molecule has 1 fully saturated rings. The second-order valence-electron chi connectivity index (χ2n) is 8.36. The summed E-state index contributed by atoms with van der Waals surface area (Å²) in [6.07, 6.45) is 9.24. The fourth-order valence-corrected chi connectivity index (χ4v) is 4.98. The van der Waals surface area contributed by atoms with E-state index in [0.29, 0.717) is 0 Å². The molecular weight excluding hydrogens is 374 g/mol. The number of rotatable bonds is 4. The zero-order chi connectivity index (χ0) is 20.5. The summed E-state index contributed by atoms with van der Waals surface area (Å²) < 4.78 is 2.01. The van der Waals surface area contributed by atoms with Gasteiger partial charge in [0.15, 0.2) is 5.82 Å². The normalized spacial score (nSPS) is 17.8. The average molecular weight is 404 g/mol. The molecule has 1 amide bonds. The second kappa shape index (κ2) is 8.09. The molecule has 1 saturated heterocycles. The number of piperazine rings is 1. The van der Waals surface area contributed by atoms with Gasteiger partial charge in [0.25, 0.3) is 0 Å². The molecule has 156 valence electrons. The first-order valence-electron chi connectivity index (χ1n) is 11.2. The molecule has 3 heterocycles. The van der Waals surface area contributed by atoms with Gasteiger partial charge < -0.3 is 9.80 Å². The van der Waals surface area contributed by atoms with Crippen molar-refractivity contribution in [1.82, 2.24) is 19.5 Å². The fraction of sp³-hybridized carbons (Fsp3) is 0.458. The Morgan fingerprint density at radius 1 is 1.07 bits per heavy atom. The van der Waals surface area contributed by atoms with Crippen molar-refractivity contribution in [3.05, 3.63) is 59.5 Å². The lowest BCUT2D eigenvalue weighted by Crippen LogP contribution is -2.50. The minimum Gasteiger partial charge on any atom is -0.351 e. The molecule has 0 saturated carbocycles. The Morgan fingerprint density at radius 2 is 1.83 bits per heavy atom. The molecule has 0 N–H and O–H groups in total. The Bertz CT molecular complexity index is 1040. The van der Waals surface area contributed by atoms with E-state index >= 15 is 0 Å². The van der Waals surface area contributed by atoms with Crippen molar-refractivity contribution < 1.29 is 4.79 Å². The van der Waals surface area contributed by atoms with Crippen LogP contribution >= 0.6 is 0 Å². The highest BCUT2D eigenvalue weighted by Crippen LogP contribution is 2.31. The number of amides is 1. The first-order valence-corrected chi connectivity index (χ1v) is 11.2. The Morgan fingerprint density at radius 3 is 2.60 bits per heavy atom. The predicted octanol–water partition coefficient (Wildman–Crippen LogP) is 3.45. The number of aromatic nitrogens is 3. The van der Waals surface area contributed by atoms with Gasteiger partial charge in [0.2, 0.25) is 5.91 Å². The molecular formula is C24H29N5O. The Balaban J connectivity index is 1.34. The van der Waals surface area contributed by atoms with E-state index in [1.807, 2.05) is 40.0 Å². The molecule has 0 unspecified atom stereocenters. The van der Waals surface area contributed by atoms with Gasteiger partial charge in [-0.25, -0.2) is 9.50 Å². The highest BCUT2D eigenvalue weighted by atomic mass is 16.2. The molecule has 3 aromatic rings. The smallest absolute Gasteiger partial charge is 0.230 e. The second-order valence-corrected chi connectivity index (χ2v) is 8.36. The first kappa shape index (κ1) is 19.1. The minimum absolute atomic E-state index is 0.0545. The zero-order valence-electron chi connectivity index (χ0n) is 17.6. The van der Waals surface area contributed by atoms with Crippen molar-refractivity contribution in [1.29, 1.82) is 0 Å². The van der Waals surface area contributed by atoms with E-state index < -0.39 is 0 Å². The van der Waals surface area contributed by atoms with Crippen molar-refractivity contribution in [2.45, 2.75) is 44.9 Å². The third-order valence-corrected chi connectivity index (χ3v) is 6.60. The number of aryl methyl sites for hydroxylation is 2. The van der Waals surface area contributed by atoms with Gasteiger partial charge in [-0.3, -0.25) is 4.79 Å². The minimum atomic E-state index is -0.0545. The van der Waals surface area contributed by atoms with Gasteiger partial charge >= 0.3 is 0 Å². The summed E-state index contributed by atoms with van der Waals surface area (Å²) in [7, 11) is 0. The van der Waals surface area contributed by atoms with E-state index in [1.165, 1.54) is 29.6 Å². The van der Waals surface area contributed by atoms with Crippen LogP contribution < -0.4 is 4.90 Å². The summed E-state index contributed by atoms with van der Waals surface area (Å²) in [5.41, 5.74) is 4.89. The summed E-state index contributed by atoms with van der Waals surface area (Å²) in [5, 5.41) is 4.81. The van der Waals surface area contributed by atoms with Crippen LogP contribution in [0.15, 0.2) is 42.7 Å². The zero-order valence-corrected chi connectivity index (χ0v) is 17.6. The molecule has 5 rings (SSSR count). The number of carbonyl (C=O) groups is 1. The van der Waals surface area contributed by atoms with Gasteiger partial charge in [-0.05, 0) is 37.7 Å². The molecule has 6 nitrogen and oxygen atoms in total. The summed E-state index contributed by atoms with van der Waals surface area (Å²) in [6.45, 7) is 5.19. The molecule has 0 bridgehead atoms. The molecule has 6 heteroatoms. The molecule has 30 heavy (non-hydrogen) atoms. The van der Waals surface area contributed by atoms with Gasteiger partial charge in [0, 0.05) is 44.1 Å². The monoisotopic (exact) mass is 403 g/mol. The number of hydrogen-bond acceptors (Lipinski definition) is 4. The summed E-state index contributed by atoms with van der Waals surface area (Å²) in [4.78, 5) is 22.3. The highest BCUT2D eigenvalue weighted by molar-refractivity contribution is 5.84. The van der Waals surface area contributed by atoms with E-state index in [4.69, 9.17) is 10.1 Å². The Labute approximate surface area is 177 Å². The molecule has 2 aliphatic rings. The predicted molar refractivity (Wildman–Crippen MR) is 118 cm³/mol. The van der Waals surface area contributed by atoms with E-state index in [1.54, 1.807) is 0 Å². The van der Waals surface area contributed by atoms with Gasteiger partial charge in [0.05, 0.1) is 11.6 Å². The maximum atomic E-state index is 13.2. The Kier molecular flexibility index (Phi) is 5.15. The van der Waals surface area contributed by atoms with Crippen LogP contribution in [0, 0.1) is 0 Å². The van der Waals surface area contributed by atoms with Crippen molar-refractivity contribution in [2.24, 2.45) is 0 Å². The molecule has 1 atom stereocenters. The topological polar surface area (TPSA) is 53.7 Å². The SMILES string of the molecule is CC[C@H](C(=O)N1CCN(c2nccn3nc4c(c23)CCCC4)CC1)c1ccccc1. The first-order chi connectivity index (χ1) is 14.8. The quantitative estimate of drug-likeness (QED) is 0.670. The molecule has 0 radical (unpaired) electrons. The summed E-state index contributed by atoms with van der Waals surface area (Å²) in [5.74, 6) is 1.22. The third kappa shape index (κ3) is 3.34. The summed E-state index contributed by atoms with van der Waals surface area (Å²) >= 11 is 0.